The Hall–Kier alpha value is -2.01. The van der Waals surface area contributed by atoms with Gasteiger partial charge in [-0.3, -0.25) is 4.40 Å². The minimum absolute atomic E-state index is 0.481. The number of aromatic nitrogens is 3. The van der Waals surface area contributed by atoms with Crippen molar-refractivity contribution in [3.63, 3.8) is 0 Å². The quantitative estimate of drug-likeness (QED) is 0.678. The van der Waals surface area contributed by atoms with E-state index < -0.39 is 0 Å². The van der Waals surface area contributed by atoms with Crippen LogP contribution in [0.4, 0.5) is 0 Å². The summed E-state index contributed by atoms with van der Waals surface area (Å²) in [6.45, 7) is 0.481. The van der Waals surface area contributed by atoms with Crippen molar-refractivity contribution in [2.45, 2.75) is 6.54 Å². The fourth-order valence-corrected chi connectivity index (χ4v) is 1.85. The van der Waals surface area contributed by atoms with E-state index in [0.717, 1.165) is 28.3 Å². The molecule has 0 amide bonds. The largest absolute Gasteiger partial charge is 0.497 e. The van der Waals surface area contributed by atoms with Crippen LogP contribution in [0.3, 0.4) is 0 Å². The van der Waals surface area contributed by atoms with E-state index in [1.807, 2.05) is 28.8 Å². The summed E-state index contributed by atoms with van der Waals surface area (Å²) in [5.41, 5.74) is 8.50. The lowest BCUT2D eigenvalue weighted by atomic mass is 10.3. The van der Waals surface area contributed by atoms with Gasteiger partial charge in [0.05, 0.1) is 18.1 Å². The van der Waals surface area contributed by atoms with Crippen LogP contribution in [-0.4, -0.2) is 21.5 Å². The van der Waals surface area contributed by atoms with E-state index in [0.29, 0.717) is 6.54 Å². The molecule has 3 aromatic rings. The van der Waals surface area contributed by atoms with Crippen LogP contribution in [0.5, 0.6) is 5.75 Å². The summed E-state index contributed by atoms with van der Waals surface area (Å²) in [7, 11) is 1.65. The first-order valence-electron chi connectivity index (χ1n) is 5.05. The average molecular weight is 216 g/mol. The molecule has 16 heavy (non-hydrogen) atoms. The average Bonchev–Trinajstić information content (AvgIpc) is 2.85. The highest BCUT2D eigenvalue weighted by Crippen LogP contribution is 2.21. The smallest absolute Gasteiger partial charge is 0.212 e. The van der Waals surface area contributed by atoms with Crippen molar-refractivity contribution in [2.75, 3.05) is 7.11 Å². The van der Waals surface area contributed by atoms with Gasteiger partial charge in [-0.15, -0.1) is 0 Å². The molecule has 3 rings (SSSR count). The van der Waals surface area contributed by atoms with Gasteiger partial charge in [-0.25, -0.2) is 4.98 Å². The number of rotatable bonds is 2. The predicted octanol–water partition coefficient (Wildman–Crippen LogP) is 1.28. The summed E-state index contributed by atoms with van der Waals surface area (Å²) in [6.07, 6.45) is 1.96. The predicted molar refractivity (Wildman–Crippen MR) is 61.5 cm³/mol. The maximum Gasteiger partial charge on any atom is 0.212 e. The number of imidazole rings is 2. The van der Waals surface area contributed by atoms with Crippen molar-refractivity contribution in [2.24, 2.45) is 5.73 Å². The molecule has 0 spiro atoms. The minimum Gasteiger partial charge on any atom is -0.497 e. The number of fused-ring (bicyclic) bond motifs is 3. The van der Waals surface area contributed by atoms with Gasteiger partial charge in [0.2, 0.25) is 5.78 Å². The number of nitrogens with two attached hydrogens (primary N) is 1. The highest BCUT2D eigenvalue weighted by Gasteiger charge is 2.07. The second-order valence-electron chi connectivity index (χ2n) is 3.64. The summed E-state index contributed by atoms with van der Waals surface area (Å²) in [5, 5.41) is 0. The Kier molecular flexibility index (Phi) is 1.87. The lowest BCUT2D eigenvalue weighted by Crippen LogP contribution is -1.95. The van der Waals surface area contributed by atoms with Gasteiger partial charge >= 0.3 is 0 Å². The zero-order valence-corrected chi connectivity index (χ0v) is 8.90. The van der Waals surface area contributed by atoms with E-state index in [4.69, 9.17) is 10.5 Å². The molecule has 5 heteroatoms. The molecule has 1 aromatic carbocycles. The van der Waals surface area contributed by atoms with Crippen LogP contribution in [0.2, 0.25) is 0 Å². The van der Waals surface area contributed by atoms with Gasteiger partial charge in [0.25, 0.3) is 0 Å². The number of hydrogen-bond donors (Lipinski definition) is 2. The van der Waals surface area contributed by atoms with Crippen LogP contribution in [0.1, 0.15) is 5.69 Å². The van der Waals surface area contributed by atoms with Gasteiger partial charge in [-0.2, -0.15) is 0 Å². The summed E-state index contributed by atoms with van der Waals surface area (Å²) in [5.74, 6) is 1.63. The van der Waals surface area contributed by atoms with E-state index in [2.05, 4.69) is 9.97 Å². The van der Waals surface area contributed by atoms with Crippen LogP contribution in [-0.2, 0) is 6.54 Å². The van der Waals surface area contributed by atoms with Crippen molar-refractivity contribution >= 4 is 16.8 Å². The molecule has 0 aliphatic carbocycles. The molecule has 2 aromatic heterocycles. The molecule has 0 aliphatic heterocycles. The monoisotopic (exact) mass is 216 g/mol. The minimum atomic E-state index is 0.481. The maximum atomic E-state index is 5.58. The molecule has 2 heterocycles. The molecule has 82 valence electrons. The van der Waals surface area contributed by atoms with Crippen LogP contribution in [0, 0.1) is 0 Å². The highest BCUT2D eigenvalue weighted by atomic mass is 16.5. The Morgan fingerprint density at radius 1 is 1.50 bits per heavy atom. The third-order valence-corrected chi connectivity index (χ3v) is 2.67. The molecule has 0 unspecified atom stereocenters. The standard InChI is InChI=1S/C11H12N4O/c1-16-8-2-3-9-10(4-8)15-6-7(5-12)13-11(15)14-9/h2-4,6H,5,12H2,1H3,(H,13,14). The van der Waals surface area contributed by atoms with Gasteiger partial charge < -0.3 is 15.5 Å². The van der Waals surface area contributed by atoms with Gasteiger partial charge in [0, 0.05) is 24.5 Å². The van der Waals surface area contributed by atoms with E-state index >= 15 is 0 Å². The second kappa shape index (κ2) is 3.24. The van der Waals surface area contributed by atoms with E-state index in [1.54, 1.807) is 7.11 Å². The number of hydrogen-bond acceptors (Lipinski definition) is 3. The molecular weight excluding hydrogens is 204 g/mol. The van der Waals surface area contributed by atoms with Gasteiger partial charge in [-0.1, -0.05) is 0 Å². The third-order valence-electron chi connectivity index (χ3n) is 2.67. The summed E-state index contributed by atoms with van der Waals surface area (Å²) in [6, 6.07) is 5.80. The molecule has 3 N–H and O–H groups in total. The Bertz CT molecular complexity index is 652. The zero-order chi connectivity index (χ0) is 11.1. The summed E-state index contributed by atoms with van der Waals surface area (Å²) < 4.78 is 7.18. The Morgan fingerprint density at radius 2 is 2.38 bits per heavy atom. The summed E-state index contributed by atoms with van der Waals surface area (Å²) in [4.78, 5) is 7.61. The van der Waals surface area contributed by atoms with Crippen molar-refractivity contribution < 1.29 is 4.74 Å². The molecule has 0 saturated heterocycles. The van der Waals surface area contributed by atoms with Crippen molar-refractivity contribution in [1.29, 1.82) is 0 Å². The number of H-pyrrole nitrogens is 1. The number of benzene rings is 1. The van der Waals surface area contributed by atoms with Crippen molar-refractivity contribution in [3.8, 4) is 5.75 Å². The topological polar surface area (TPSA) is 68.3 Å². The molecule has 5 nitrogen and oxygen atoms in total. The van der Waals surface area contributed by atoms with Crippen LogP contribution in [0.25, 0.3) is 16.8 Å². The SMILES string of the molecule is COc1ccc2nc3[nH]c(CN)cn3c2c1. The number of ether oxygens (including phenoxy) is 1. The van der Waals surface area contributed by atoms with Crippen molar-refractivity contribution in [1.82, 2.24) is 14.4 Å². The highest BCUT2D eigenvalue weighted by molar-refractivity contribution is 5.81. The lowest BCUT2D eigenvalue weighted by Gasteiger charge is -1.98. The zero-order valence-electron chi connectivity index (χ0n) is 8.90. The molecule has 0 bridgehead atoms. The molecule has 0 radical (unpaired) electrons. The van der Waals surface area contributed by atoms with E-state index in [1.165, 1.54) is 0 Å². The Labute approximate surface area is 91.8 Å². The summed E-state index contributed by atoms with van der Waals surface area (Å²) >= 11 is 0. The molecule has 0 aliphatic rings. The Morgan fingerprint density at radius 3 is 3.12 bits per heavy atom. The molecule has 0 fully saturated rings. The number of nitrogens with one attached hydrogen (secondary N) is 1. The van der Waals surface area contributed by atoms with Crippen LogP contribution >= 0.6 is 0 Å². The lowest BCUT2D eigenvalue weighted by molar-refractivity contribution is 0.415. The normalized spacial score (nSPS) is 11.4. The maximum absolute atomic E-state index is 5.58. The fourth-order valence-electron chi connectivity index (χ4n) is 1.85. The first-order chi connectivity index (χ1) is 7.81. The van der Waals surface area contributed by atoms with E-state index in [-0.39, 0.29) is 0 Å². The fraction of sp³-hybridized carbons (Fsp3) is 0.182. The molecule has 0 atom stereocenters. The number of nitrogens with zero attached hydrogens (tertiary/aromatic N) is 2. The first kappa shape index (κ1) is 9.23. The van der Waals surface area contributed by atoms with Gasteiger partial charge in [-0.05, 0) is 12.1 Å². The Balaban J connectivity index is 2.34. The van der Waals surface area contributed by atoms with Gasteiger partial charge in [0.15, 0.2) is 0 Å². The second-order valence-corrected chi connectivity index (χ2v) is 3.64. The molecule has 0 saturated carbocycles. The third kappa shape index (κ3) is 1.18. The van der Waals surface area contributed by atoms with Gasteiger partial charge in [0.1, 0.15) is 5.75 Å². The van der Waals surface area contributed by atoms with Crippen LogP contribution < -0.4 is 10.5 Å². The number of methoxy groups -OCH3 is 1. The van der Waals surface area contributed by atoms with Crippen LogP contribution in [0.15, 0.2) is 24.4 Å². The number of aromatic amines is 1. The van der Waals surface area contributed by atoms with E-state index in [9.17, 15) is 0 Å². The molecular formula is C11H12N4O. The first-order valence-corrected chi connectivity index (χ1v) is 5.05. The van der Waals surface area contributed by atoms with Crippen molar-refractivity contribution in [3.05, 3.63) is 30.1 Å².